The van der Waals surface area contributed by atoms with E-state index in [1.807, 2.05) is 0 Å². The van der Waals surface area contributed by atoms with Crippen LogP contribution < -0.4 is 9.80 Å². The van der Waals surface area contributed by atoms with Gasteiger partial charge in [0.15, 0.2) is 0 Å². The third-order valence-electron chi connectivity index (χ3n) is 11.5. The molecule has 0 aromatic heterocycles. The summed E-state index contributed by atoms with van der Waals surface area (Å²) in [6.45, 7) is 16.9. The second-order valence-electron chi connectivity index (χ2n) is 15.3. The summed E-state index contributed by atoms with van der Waals surface area (Å²) in [6.07, 6.45) is 18.2. The SMILES string of the molecule is C=CCCCC1(CCCC=C)c2cc(N(c3ccc(C)cc3)c3ccc(C)cc3)ccc2C2C=CC(N(c3ccc(C)cc3)c3ccc(C)cc3)=CC21. The van der Waals surface area contributed by atoms with E-state index < -0.39 is 0 Å². The van der Waals surface area contributed by atoms with Crippen molar-refractivity contribution in [2.24, 2.45) is 5.92 Å². The Morgan fingerprint density at radius 1 is 0.547 bits per heavy atom. The minimum Gasteiger partial charge on any atom is -0.311 e. The van der Waals surface area contributed by atoms with Crippen LogP contribution in [0.15, 0.2) is 164 Å². The van der Waals surface area contributed by atoms with Crippen molar-refractivity contribution in [3.8, 4) is 0 Å². The van der Waals surface area contributed by atoms with Crippen molar-refractivity contribution in [2.45, 2.75) is 77.6 Å². The molecule has 0 aliphatic heterocycles. The molecule has 2 unspecified atom stereocenters. The van der Waals surface area contributed by atoms with Gasteiger partial charge in [0.25, 0.3) is 0 Å². The van der Waals surface area contributed by atoms with Crippen molar-refractivity contribution >= 4 is 28.4 Å². The summed E-state index contributed by atoms with van der Waals surface area (Å²) in [5, 5.41) is 0. The molecule has 2 heteroatoms. The van der Waals surface area contributed by atoms with E-state index in [2.05, 4.69) is 196 Å². The van der Waals surface area contributed by atoms with Gasteiger partial charge in [-0.25, -0.2) is 0 Å². The number of aryl methyl sites for hydroxylation is 4. The van der Waals surface area contributed by atoms with Crippen LogP contribution in [0.2, 0.25) is 0 Å². The van der Waals surface area contributed by atoms with E-state index in [-0.39, 0.29) is 5.41 Å². The standard InChI is InChI=1S/C51H54N2/c1-7-9-11-33-51(34-12-10-8-2)49-35-45(52(41-21-13-37(3)14-22-41)42-23-15-38(4)16-24-42)29-31-47(49)48-32-30-46(36-50(48)51)53(43-25-17-39(5)18-26-43)44-27-19-40(6)20-28-44/h7-8,13-32,35-36,47,49H,1-2,9-12,33-34H2,3-6H3. The van der Waals surface area contributed by atoms with Crippen LogP contribution in [0.4, 0.5) is 28.4 Å². The van der Waals surface area contributed by atoms with Gasteiger partial charge in [-0.05, 0) is 150 Å². The van der Waals surface area contributed by atoms with Gasteiger partial charge in [-0.2, -0.15) is 0 Å². The molecule has 5 aromatic carbocycles. The number of hydrogen-bond acceptors (Lipinski definition) is 2. The van der Waals surface area contributed by atoms with Crippen LogP contribution in [0, 0.1) is 33.6 Å². The Hall–Kier alpha value is -5.34. The summed E-state index contributed by atoms with van der Waals surface area (Å²) in [6, 6.07) is 43.2. The average molecular weight is 695 g/mol. The van der Waals surface area contributed by atoms with Crippen molar-refractivity contribution in [1.29, 1.82) is 0 Å². The lowest BCUT2D eigenvalue weighted by molar-refractivity contribution is 0.271. The van der Waals surface area contributed by atoms with Crippen LogP contribution in [-0.4, -0.2) is 0 Å². The molecule has 7 rings (SSSR count). The molecule has 2 aliphatic carbocycles. The first-order valence-corrected chi connectivity index (χ1v) is 19.4. The van der Waals surface area contributed by atoms with E-state index >= 15 is 0 Å². The highest BCUT2D eigenvalue weighted by Gasteiger charge is 2.50. The van der Waals surface area contributed by atoms with E-state index in [0.29, 0.717) is 11.8 Å². The predicted molar refractivity (Wildman–Crippen MR) is 228 cm³/mol. The van der Waals surface area contributed by atoms with Crippen molar-refractivity contribution in [2.75, 3.05) is 9.80 Å². The summed E-state index contributed by atoms with van der Waals surface area (Å²) >= 11 is 0. The minimum atomic E-state index is -0.0452. The van der Waals surface area contributed by atoms with Crippen LogP contribution in [0.5, 0.6) is 0 Å². The quantitative estimate of drug-likeness (QED) is 0.0843. The molecule has 0 spiro atoms. The molecule has 268 valence electrons. The highest BCUT2D eigenvalue weighted by molar-refractivity contribution is 5.78. The first-order chi connectivity index (χ1) is 25.8. The van der Waals surface area contributed by atoms with E-state index in [4.69, 9.17) is 0 Å². The first-order valence-electron chi connectivity index (χ1n) is 19.4. The Morgan fingerprint density at radius 3 is 1.40 bits per heavy atom. The molecule has 0 N–H and O–H groups in total. The highest BCUT2D eigenvalue weighted by atomic mass is 15.2. The summed E-state index contributed by atoms with van der Waals surface area (Å²) in [5.41, 5.74) is 15.1. The maximum atomic E-state index is 4.13. The molecule has 0 amide bonds. The van der Waals surface area contributed by atoms with Crippen LogP contribution >= 0.6 is 0 Å². The Morgan fingerprint density at radius 2 is 0.962 bits per heavy atom. The fourth-order valence-corrected chi connectivity index (χ4v) is 8.72. The van der Waals surface area contributed by atoms with Gasteiger partial charge in [0.2, 0.25) is 0 Å². The van der Waals surface area contributed by atoms with Crippen molar-refractivity contribution in [3.05, 3.63) is 198 Å². The van der Waals surface area contributed by atoms with Crippen molar-refractivity contribution in [3.63, 3.8) is 0 Å². The van der Waals surface area contributed by atoms with Gasteiger partial charge >= 0.3 is 0 Å². The van der Waals surface area contributed by atoms with Crippen molar-refractivity contribution in [1.82, 2.24) is 0 Å². The smallest absolute Gasteiger partial charge is 0.0464 e. The molecule has 2 aliphatic rings. The molecule has 0 fully saturated rings. The lowest BCUT2D eigenvalue weighted by Crippen LogP contribution is -2.34. The Balaban J connectivity index is 1.40. The molecule has 0 heterocycles. The van der Waals surface area contributed by atoms with Gasteiger partial charge < -0.3 is 9.80 Å². The summed E-state index contributed by atoms with van der Waals surface area (Å²) in [4.78, 5) is 4.89. The molecule has 53 heavy (non-hydrogen) atoms. The largest absolute Gasteiger partial charge is 0.311 e. The molecule has 2 atom stereocenters. The van der Waals surface area contributed by atoms with Gasteiger partial charge in [0, 0.05) is 45.5 Å². The summed E-state index contributed by atoms with van der Waals surface area (Å²) in [7, 11) is 0. The maximum Gasteiger partial charge on any atom is 0.0464 e. The van der Waals surface area contributed by atoms with Crippen molar-refractivity contribution < 1.29 is 0 Å². The highest BCUT2D eigenvalue weighted by Crippen LogP contribution is 2.59. The van der Waals surface area contributed by atoms with E-state index in [0.717, 1.165) is 38.5 Å². The third-order valence-corrected chi connectivity index (χ3v) is 11.5. The number of fused-ring (bicyclic) bond motifs is 3. The third kappa shape index (κ3) is 7.33. The molecule has 2 nitrogen and oxygen atoms in total. The lowest BCUT2D eigenvalue weighted by Gasteiger charge is -2.40. The number of allylic oxidation sites excluding steroid dienone is 5. The summed E-state index contributed by atoms with van der Waals surface area (Å²) in [5.74, 6) is 0.619. The second kappa shape index (κ2) is 15.7. The zero-order valence-electron chi connectivity index (χ0n) is 32.1. The van der Waals surface area contributed by atoms with Crippen LogP contribution in [-0.2, 0) is 5.41 Å². The number of anilines is 5. The molecule has 0 saturated heterocycles. The predicted octanol–water partition coefficient (Wildman–Crippen LogP) is 14.3. The average Bonchev–Trinajstić information content (AvgIpc) is 3.43. The van der Waals surface area contributed by atoms with Gasteiger partial charge in [-0.1, -0.05) is 101 Å². The van der Waals surface area contributed by atoms with E-state index in [1.165, 1.54) is 67.5 Å². The van der Waals surface area contributed by atoms with Crippen LogP contribution in [0.3, 0.4) is 0 Å². The Labute approximate surface area is 318 Å². The maximum absolute atomic E-state index is 4.13. The monoisotopic (exact) mass is 694 g/mol. The number of benzene rings is 5. The van der Waals surface area contributed by atoms with Crippen LogP contribution in [0.1, 0.15) is 77.8 Å². The van der Waals surface area contributed by atoms with Gasteiger partial charge in [0.05, 0.1) is 0 Å². The number of unbranched alkanes of at least 4 members (excludes halogenated alkanes) is 2. The Bertz CT molecular complexity index is 1990. The lowest BCUT2D eigenvalue weighted by atomic mass is 9.65. The Kier molecular flexibility index (Phi) is 10.7. The zero-order valence-corrected chi connectivity index (χ0v) is 32.1. The van der Waals surface area contributed by atoms with E-state index in [9.17, 15) is 0 Å². The van der Waals surface area contributed by atoms with E-state index in [1.54, 1.807) is 0 Å². The molecule has 0 saturated carbocycles. The molecular weight excluding hydrogens is 641 g/mol. The molecular formula is C51H54N2. The van der Waals surface area contributed by atoms with Gasteiger partial charge in [0.1, 0.15) is 0 Å². The normalized spacial score (nSPS) is 16.7. The molecule has 5 aromatic rings. The fourth-order valence-electron chi connectivity index (χ4n) is 8.72. The molecule has 0 bridgehead atoms. The zero-order chi connectivity index (χ0) is 37.0. The minimum absolute atomic E-state index is 0.0452. The topological polar surface area (TPSA) is 6.48 Å². The van der Waals surface area contributed by atoms with Gasteiger partial charge in [-0.3, -0.25) is 0 Å². The number of rotatable bonds is 14. The van der Waals surface area contributed by atoms with Crippen LogP contribution in [0.25, 0.3) is 0 Å². The first kappa shape index (κ1) is 36.0. The number of hydrogen-bond donors (Lipinski definition) is 0. The second-order valence-corrected chi connectivity index (χ2v) is 15.3. The molecule has 0 radical (unpaired) electrons. The summed E-state index contributed by atoms with van der Waals surface area (Å²) < 4.78 is 0. The number of nitrogens with zero attached hydrogens (tertiary/aromatic N) is 2. The fraction of sp³-hybridized carbons (Fsp3) is 0.255. The van der Waals surface area contributed by atoms with Gasteiger partial charge in [-0.15, -0.1) is 13.2 Å².